The Labute approximate surface area is 59.6 Å². The van der Waals surface area contributed by atoms with Gasteiger partial charge >= 0.3 is 4.83 Å². The Hall–Kier alpha value is 0.01000. The summed E-state index contributed by atoms with van der Waals surface area (Å²) in [6.07, 6.45) is 0.628. The number of rotatable bonds is 1. The third-order valence-electron chi connectivity index (χ3n) is 1.46. The molecule has 0 aromatic heterocycles. The van der Waals surface area contributed by atoms with Crippen LogP contribution >= 0.6 is 15.9 Å². The molecule has 52 valence electrons. The van der Waals surface area contributed by atoms with Gasteiger partial charge < -0.3 is 0 Å². The van der Waals surface area contributed by atoms with E-state index in [9.17, 15) is 13.6 Å². The standard InChI is InChI=1S/C5H5BrF2O/c6-5(7,8)3-1-2-4(3)9/h3H,1-2H2. The van der Waals surface area contributed by atoms with Crippen LogP contribution in [0.2, 0.25) is 0 Å². The van der Waals surface area contributed by atoms with Crippen LogP contribution in [-0.4, -0.2) is 10.6 Å². The number of carbonyl (C=O) groups excluding carboxylic acids is 1. The predicted octanol–water partition coefficient (Wildman–Crippen LogP) is 1.95. The summed E-state index contributed by atoms with van der Waals surface area (Å²) in [6.45, 7) is 0. The lowest BCUT2D eigenvalue weighted by Gasteiger charge is -2.27. The smallest absolute Gasteiger partial charge is 0.299 e. The van der Waals surface area contributed by atoms with Gasteiger partial charge in [0.15, 0.2) is 0 Å². The van der Waals surface area contributed by atoms with E-state index in [4.69, 9.17) is 0 Å². The number of alkyl halides is 3. The fourth-order valence-electron chi connectivity index (χ4n) is 0.753. The summed E-state index contributed by atoms with van der Waals surface area (Å²) >= 11 is 2.14. The summed E-state index contributed by atoms with van der Waals surface area (Å²) in [5.41, 5.74) is 0. The van der Waals surface area contributed by atoms with Crippen molar-refractivity contribution in [2.75, 3.05) is 0 Å². The zero-order chi connectivity index (χ0) is 7.07. The third-order valence-corrected chi connectivity index (χ3v) is 2.02. The molecule has 0 bridgehead atoms. The molecular weight excluding hydrogens is 194 g/mol. The van der Waals surface area contributed by atoms with Crippen LogP contribution in [0.15, 0.2) is 0 Å². The average Bonchev–Trinajstić information content (AvgIpc) is 1.57. The topological polar surface area (TPSA) is 17.1 Å². The Morgan fingerprint density at radius 2 is 2.22 bits per heavy atom. The number of hydrogen-bond donors (Lipinski definition) is 0. The average molecular weight is 199 g/mol. The summed E-state index contributed by atoms with van der Waals surface area (Å²) in [5, 5.41) is 0. The first-order valence-corrected chi connectivity index (χ1v) is 3.40. The van der Waals surface area contributed by atoms with Gasteiger partial charge in [0.2, 0.25) is 0 Å². The third kappa shape index (κ3) is 1.28. The monoisotopic (exact) mass is 198 g/mol. The Kier molecular flexibility index (Phi) is 1.59. The lowest BCUT2D eigenvalue weighted by Crippen LogP contribution is -2.37. The van der Waals surface area contributed by atoms with E-state index in [1.807, 2.05) is 0 Å². The number of hydrogen-bond acceptors (Lipinski definition) is 1. The quantitative estimate of drug-likeness (QED) is 0.590. The van der Waals surface area contributed by atoms with Gasteiger partial charge in [-0.05, 0) is 22.4 Å². The molecule has 0 heterocycles. The highest BCUT2D eigenvalue weighted by Crippen LogP contribution is 2.41. The van der Waals surface area contributed by atoms with Gasteiger partial charge in [-0.2, -0.15) is 8.78 Å². The van der Waals surface area contributed by atoms with Crippen LogP contribution in [0.4, 0.5) is 8.78 Å². The first-order valence-electron chi connectivity index (χ1n) is 2.61. The molecule has 1 atom stereocenters. The van der Waals surface area contributed by atoms with Gasteiger partial charge in [-0.15, -0.1) is 0 Å². The maximum absolute atomic E-state index is 12.1. The molecule has 0 N–H and O–H groups in total. The van der Waals surface area contributed by atoms with Crippen molar-refractivity contribution in [1.82, 2.24) is 0 Å². The van der Waals surface area contributed by atoms with Crippen molar-refractivity contribution in [3.05, 3.63) is 0 Å². The van der Waals surface area contributed by atoms with Gasteiger partial charge in [0, 0.05) is 6.42 Å². The van der Waals surface area contributed by atoms with Gasteiger partial charge in [-0.1, -0.05) is 0 Å². The van der Waals surface area contributed by atoms with Crippen molar-refractivity contribution in [2.45, 2.75) is 17.7 Å². The summed E-state index contributed by atoms with van der Waals surface area (Å²) in [5.74, 6) is -1.39. The van der Waals surface area contributed by atoms with E-state index in [0.29, 0.717) is 12.8 Å². The lowest BCUT2D eigenvalue weighted by atomic mass is 9.84. The molecule has 1 fully saturated rings. The summed E-state index contributed by atoms with van der Waals surface area (Å²) in [4.78, 5) is 7.40. The predicted molar refractivity (Wildman–Crippen MR) is 31.6 cm³/mol. The lowest BCUT2D eigenvalue weighted by molar-refractivity contribution is -0.137. The maximum Gasteiger partial charge on any atom is 0.311 e. The number of ketones is 1. The highest BCUT2D eigenvalue weighted by molar-refractivity contribution is 9.10. The second kappa shape index (κ2) is 2.01. The van der Waals surface area contributed by atoms with Crippen molar-refractivity contribution in [2.24, 2.45) is 5.92 Å². The van der Waals surface area contributed by atoms with Gasteiger partial charge in [0.1, 0.15) is 5.78 Å². The first-order chi connectivity index (χ1) is 4.02. The zero-order valence-electron chi connectivity index (χ0n) is 4.53. The number of carbonyl (C=O) groups is 1. The van der Waals surface area contributed by atoms with E-state index < -0.39 is 10.7 Å². The SMILES string of the molecule is O=C1CCC1C(F)(F)Br. The minimum absolute atomic E-state index is 0.311. The molecule has 0 aromatic rings. The second-order valence-corrected chi connectivity index (χ2v) is 3.16. The molecule has 9 heavy (non-hydrogen) atoms. The van der Waals surface area contributed by atoms with Crippen molar-refractivity contribution in [3.63, 3.8) is 0 Å². The van der Waals surface area contributed by atoms with Crippen LogP contribution < -0.4 is 0 Å². The molecular formula is C5H5BrF2O. The van der Waals surface area contributed by atoms with Crippen LogP contribution in [0.1, 0.15) is 12.8 Å². The highest BCUT2D eigenvalue weighted by Gasteiger charge is 2.46. The molecule has 1 aliphatic carbocycles. The van der Waals surface area contributed by atoms with E-state index >= 15 is 0 Å². The van der Waals surface area contributed by atoms with E-state index in [0.717, 1.165) is 0 Å². The van der Waals surface area contributed by atoms with Crippen molar-refractivity contribution in [1.29, 1.82) is 0 Å². The fourth-order valence-corrected chi connectivity index (χ4v) is 1.24. The van der Waals surface area contributed by atoms with E-state index in [1.54, 1.807) is 0 Å². The number of halogens is 3. The molecule has 1 rings (SSSR count). The van der Waals surface area contributed by atoms with Gasteiger partial charge in [-0.25, -0.2) is 0 Å². The highest BCUT2D eigenvalue weighted by atomic mass is 79.9. The van der Waals surface area contributed by atoms with E-state index in [1.165, 1.54) is 0 Å². The molecule has 1 aliphatic rings. The van der Waals surface area contributed by atoms with Crippen LogP contribution in [0.5, 0.6) is 0 Å². The maximum atomic E-state index is 12.1. The van der Waals surface area contributed by atoms with Crippen LogP contribution in [0.25, 0.3) is 0 Å². The molecule has 0 saturated heterocycles. The van der Waals surface area contributed by atoms with Crippen LogP contribution in [0, 0.1) is 5.92 Å². The Balaban J connectivity index is 2.54. The Bertz CT molecular complexity index is 140. The van der Waals surface area contributed by atoms with Gasteiger partial charge in [-0.3, -0.25) is 4.79 Å². The van der Waals surface area contributed by atoms with Gasteiger partial charge in [0.25, 0.3) is 0 Å². The molecule has 0 aliphatic heterocycles. The zero-order valence-corrected chi connectivity index (χ0v) is 6.12. The largest absolute Gasteiger partial charge is 0.311 e. The molecule has 1 saturated carbocycles. The molecule has 0 amide bonds. The summed E-state index contributed by atoms with van der Waals surface area (Å²) in [7, 11) is 0. The normalized spacial score (nSPS) is 27.9. The Morgan fingerprint density at radius 1 is 1.67 bits per heavy atom. The molecule has 0 spiro atoms. The van der Waals surface area contributed by atoms with E-state index in [2.05, 4.69) is 15.9 Å². The summed E-state index contributed by atoms with van der Waals surface area (Å²) in [6, 6.07) is 0. The van der Waals surface area contributed by atoms with Crippen molar-refractivity contribution < 1.29 is 13.6 Å². The second-order valence-electron chi connectivity index (χ2n) is 2.10. The fraction of sp³-hybridized carbons (Fsp3) is 0.800. The van der Waals surface area contributed by atoms with Crippen molar-refractivity contribution in [3.8, 4) is 0 Å². The molecule has 1 unspecified atom stereocenters. The van der Waals surface area contributed by atoms with Crippen LogP contribution in [-0.2, 0) is 4.79 Å². The molecule has 1 nitrogen and oxygen atoms in total. The minimum atomic E-state index is -2.97. The Morgan fingerprint density at radius 3 is 2.22 bits per heavy atom. The van der Waals surface area contributed by atoms with Crippen molar-refractivity contribution >= 4 is 21.7 Å². The first kappa shape index (κ1) is 7.12. The van der Waals surface area contributed by atoms with Gasteiger partial charge in [0.05, 0.1) is 5.92 Å². The van der Waals surface area contributed by atoms with E-state index in [-0.39, 0.29) is 5.78 Å². The molecule has 0 radical (unpaired) electrons. The molecule has 0 aromatic carbocycles. The summed E-state index contributed by atoms with van der Waals surface area (Å²) < 4.78 is 24.2. The van der Waals surface area contributed by atoms with Crippen LogP contribution in [0.3, 0.4) is 0 Å². The minimum Gasteiger partial charge on any atom is -0.299 e. The molecule has 4 heteroatoms. The number of Topliss-reactive ketones (excluding diaryl/α,β-unsaturated/α-hetero) is 1.